The fraction of sp³-hybridized carbons (Fsp3) is 0.600. The number of hydrogen-bond donors (Lipinski definition) is 3. The first-order chi connectivity index (χ1) is 9.78. The number of halogens is 1. The molecule has 0 bridgehead atoms. The number of hydrogen-bond acceptors (Lipinski definition) is 6. The summed E-state index contributed by atoms with van der Waals surface area (Å²) in [5.41, 5.74) is -3.20. The van der Waals surface area contributed by atoms with Crippen LogP contribution in [0.2, 0.25) is 0 Å². The van der Waals surface area contributed by atoms with Crippen molar-refractivity contribution in [3.63, 3.8) is 0 Å². The molecule has 0 amide bonds. The van der Waals surface area contributed by atoms with Crippen molar-refractivity contribution in [1.82, 2.24) is 9.55 Å². The van der Waals surface area contributed by atoms with Crippen molar-refractivity contribution in [3.05, 3.63) is 33.1 Å². The Hall–Kier alpha value is -1.45. The second-order valence-corrected chi connectivity index (χ2v) is 5.39. The van der Waals surface area contributed by atoms with Gasteiger partial charge in [0.15, 0.2) is 18.5 Å². The van der Waals surface area contributed by atoms with Crippen LogP contribution in [0.15, 0.2) is 21.9 Å². The Kier molecular flexibility index (Phi) is 4.35. The average molecular weight is 323 g/mol. The van der Waals surface area contributed by atoms with E-state index in [1.807, 2.05) is 4.98 Å². The summed E-state index contributed by atoms with van der Waals surface area (Å²) in [6.45, 7) is 0.579. The van der Waals surface area contributed by atoms with Gasteiger partial charge in [0.2, 0.25) is 0 Å². The highest BCUT2D eigenvalue weighted by atomic mass is 31.1. The second kappa shape index (κ2) is 5.74. The summed E-state index contributed by atoms with van der Waals surface area (Å²) >= 11 is 0. The maximum atomic E-state index is 14.4. The molecule has 5 atom stereocenters. The van der Waals surface area contributed by atoms with E-state index in [0.717, 1.165) is 16.8 Å². The molecule has 0 radical (unpaired) electrons. The first-order valence-electron chi connectivity index (χ1n) is 5.85. The standard InChI is InChI=1S/C10H12FN2O7P/c1-10(4-14)7(20-21(17)18)6(11)8(19-10)13-3-2-5(15)12-9(13)16/h2-3,6-8,14H,4H2,1H3,(H-,12,15,16,17,18)/p+1/t6?,7-,8-,10-/m1/s1. The van der Waals surface area contributed by atoms with Crippen LogP contribution >= 0.6 is 8.25 Å². The van der Waals surface area contributed by atoms with Gasteiger partial charge < -0.3 is 9.84 Å². The van der Waals surface area contributed by atoms with Crippen LogP contribution in [0.25, 0.3) is 0 Å². The van der Waals surface area contributed by atoms with E-state index in [1.54, 1.807) is 0 Å². The third kappa shape index (κ3) is 2.94. The molecule has 21 heavy (non-hydrogen) atoms. The molecule has 0 aromatic carbocycles. The van der Waals surface area contributed by atoms with Crippen LogP contribution < -0.4 is 11.2 Å². The van der Waals surface area contributed by atoms with Gasteiger partial charge in [-0.05, 0) is 6.92 Å². The largest absolute Gasteiger partial charge is 0.695 e. The Morgan fingerprint density at radius 1 is 1.62 bits per heavy atom. The summed E-state index contributed by atoms with van der Waals surface area (Å²) < 4.78 is 35.8. The third-order valence-electron chi connectivity index (χ3n) is 3.20. The summed E-state index contributed by atoms with van der Waals surface area (Å²) in [5, 5.41) is 9.31. The zero-order valence-corrected chi connectivity index (χ0v) is 11.7. The summed E-state index contributed by atoms with van der Waals surface area (Å²) in [4.78, 5) is 33.3. The van der Waals surface area contributed by atoms with Gasteiger partial charge in [0.1, 0.15) is 5.60 Å². The number of ether oxygens (including phenoxy) is 1. The molecule has 1 aliphatic rings. The molecule has 0 spiro atoms. The molecule has 2 unspecified atom stereocenters. The SMILES string of the molecule is C[C@]1(CO)O[C@@H](n2ccc(=O)[nH]c2=O)C(F)[C@H]1O[P+](=O)O. The minimum Gasteiger partial charge on any atom is -0.393 e. The van der Waals surface area contributed by atoms with E-state index in [1.165, 1.54) is 6.92 Å². The first kappa shape index (κ1) is 15.9. The molecule has 9 nitrogen and oxygen atoms in total. The van der Waals surface area contributed by atoms with Gasteiger partial charge in [-0.1, -0.05) is 0 Å². The van der Waals surface area contributed by atoms with Crippen LogP contribution in [0, 0.1) is 0 Å². The summed E-state index contributed by atoms with van der Waals surface area (Å²) in [6, 6.07) is 0.995. The van der Waals surface area contributed by atoms with Crippen molar-refractivity contribution in [2.45, 2.75) is 31.0 Å². The van der Waals surface area contributed by atoms with Crippen molar-refractivity contribution >= 4 is 8.25 Å². The molecule has 1 aromatic heterocycles. The lowest BCUT2D eigenvalue weighted by molar-refractivity contribution is -0.113. The molecule has 116 valence electrons. The van der Waals surface area contributed by atoms with Crippen molar-refractivity contribution in [2.75, 3.05) is 6.61 Å². The normalized spacial score (nSPS) is 33.1. The van der Waals surface area contributed by atoms with Gasteiger partial charge in [-0.2, -0.15) is 0 Å². The Bertz CT molecular complexity index is 661. The number of alkyl halides is 1. The van der Waals surface area contributed by atoms with Crippen molar-refractivity contribution < 1.29 is 28.2 Å². The minimum absolute atomic E-state index is 0.666. The Morgan fingerprint density at radius 3 is 2.81 bits per heavy atom. The molecular weight excluding hydrogens is 310 g/mol. The van der Waals surface area contributed by atoms with Crippen LogP contribution in [0.4, 0.5) is 4.39 Å². The van der Waals surface area contributed by atoms with E-state index >= 15 is 0 Å². The van der Waals surface area contributed by atoms with Crippen LogP contribution in [-0.4, -0.2) is 44.0 Å². The fourth-order valence-corrected chi connectivity index (χ4v) is 2.66. The predicted octanol–water partition coefficient (Wildman–Crippen LogP) is -0.811. The van der Waals surface area contributed by atoms with Gasteiger partial charge in [-0.3, -0.25) is 14.3 Å². The minimum atomic E-state index is -3.13. The van der Waals surface area contributed by atoms with Crippen molar-refractivity contribution in [2.24, 2.45) is 0 Å². The summed E-state index contributed by atoms with van der Waals surface area (Å²) in [6.07, 6.45) is -4.04. The molecule has 0 aliphatic carbocycles. The van der Waals surface area contributed by atoms with Crippen molar-refractivity contribution in [3.8, 4) is 0 Å². The fourth-order valence-electron chi connectivity index (χ4n) is 2.13. The molecule has 2 heterocycles. The molecule has 0 saturated carbocycles. The molecule has 3 N–H and O–H groups in total. The smallest absolute Gasteiger partial charge is 0.393 e. The Balaban J connectivity index is 2.41. The van der Waals surface area contributed by atoms with E-state index in [9.17, 15) is 23.7 Å². The van der Waals surface area contributed by atoms with E-state index < -0.39 is 50.2 Å². The molecule has 2 rings (SSSR count). The first-order valence-corrected chi connectivity index (χ1v) is 6.98. The maximum absolute atomic E-state index is 14.4. The lowest BCUT2D eigenvalue weighted by Gasteiger charge is -2.24. The maximum Gasteiger partial charge on any atom is 0.695 e. The van der Waals surface area contributed by atoms with Crippen LogP contribution in [0.3, 0.4) is 0 Å². The molecule has 1 aliphatic heterocycles. The van der Waals surface area contributed by atoms with E-state index in [0.29, 0.717) is 0 Å². The zero-order valence-electron chi connectivity index (χ0n) is 10.8. The number of aliphatic hydroxyl groups excluding tert-OH is 1. The number of H-pyrrole nitrogens is 1. The third-order valence-corrected chi connectivity index (χ3v) is 3.60. The van der Waals surface area contributed by atoms with Crippen LogP contribution in [0.5, 0.6) is 0 Å². The monoisotopic (exact) mass is 323 g/mol. The molecular formula is C10H13FN2O7P+. The zero-order chi connectivity index (χ0) is 15.8. The predicted molar refractivity (Wildman–Crippen MR) is 66.5 cm³/mol. The van der Waals surface area contributed by atoms with Gasteiger partial charge in [-0.15, -0.1) is 9.42 Å². The number of rotatable bonds is 4. The van der Waals surface area contributed by atoms with E-state index in [2.05, 4.69) is 4.52 Å². The highest BCUT2D eigenvalue weighted by Gasteiger charge is 2.58. The number of aromatic amines is 1. The summed E-state index contributed by atoms with van der Waals surface area (Å²) in [5.74, 6) is 0. The van der Waals surface area contributed by atoms with Gasteiger partial charge in [0.05, 0.1) is 6.61 Å². The molecule has 11 heteroatoms. The second-order valence-electron chi connectivity index (χ2n) is 4.70. The highest BCUT2D eigenvalue weighted by molar-refractivity contribution is 7.32. The number of nitrogens with zero attached hydrogens (tertiary/aromatic N) is 1. The molecule has 1 aromatic rings. The lowest BCUT2D eigenvalue weighted by atomic mass is 9.99. The molecule has 1 saturated heterocycles. The quantitative estimate of drug-likeness (QED) is 0.618. The molecule has 1 fully saturated rings. The topological polar surface area (TPSA) is 131 Å². The van der Waals surface area contributed by atoms with Crippen LogP contribution in [0.1, 0.15) is 13.2 Å². The Morgan fingerprint density at radius 2 is 2.29 bits per heavy atom. The van der Waals surface area contributed by atoms with E-state index in [4.69, 9.17) is 9.63 Å². The van der Waals surface area contributed by atoms with Crippen molar-refractivity contribution in [1.29, 1.82) is 0 Å². The highest BCUT2D eigenvalue weighted by Crippen LogP contribution is 2.42. The van der Waals surface area contributed by atoms with Gasteiger partial charge in [0, 0.05) is 16.8 Å². The summed E-state index contributed by atoms with van der Waals surface area (Å²) in [7, 11) is -3.13. The number of aromatic nitrogens is 2. The lowest BCUT2D eigenvalue weighted by Crippen LogP contribution is -2.43. The van der Waals surface area contributed by atoms with E-state index in [-0.39, 0.29) is 0 Å². The van der Waals surface area contributed by atoms with Gasteiger partial charge in [0.25, 0.3) is 5.56 Å². The number of nitrogens with one attached hydrogen (secondary N) is 1. The number of aliphatic hydroxyl groups is 1. The Labute approximate surface area is 117 Å². The van der Waals surface area contributed by atoms with Gasteiger partial charge >= 0.3 is 13.9 Å². The van der Waals surface area contributed by atoms with Crippen LogP contribution in [-0.2, 0) is 13.8 Å². The van der Waals surface area contributed by atoms with Gasteiger partial charge in [-0.25, -0.2) is 9.18 Å². The average Bonchev–Trinajstić information content (AvgIpc) is 2.64.